The molecular weight excluding hydrogens is 178 g/mol. The van der Waals surface area contributed by atoms with Crippen molar-refractivity contribution in [2.75, 3.05) is 18.1 Å². The maximum Gasteiger partial charge on any atom is 0.0365 e. The number of nitrogens with one attached hydrogen (secondary N) is 1. The quantitative estimate of drug-likeness (QED) is 0.478. The molecular formula is C11H23NS. The third kappa shape index (κ3) is 7.15. The van der Waals surface area contributed by atoms with Gasteiger partial charge in [0, 0.05) is 11.8 Å². The van der Waals surface area contributed by atoms with Crippen LogP contribution in [0.3, 0.4) is 0 Å². The molecule has 0 bridgehead atoms. The third-order valence-electron chi connectivity index (χ3n) is 1.87. The topological polar surface area (TPSA) is 12.0 Å². The monoisotopic (exact) mass is 201 g/mol. The van der Waals surface area contributed by atoms with Crippen LogP contribution in [0.5, 0.6) is 0 Å². The van der Waals surface area contributed by atoms with Crippen LogP contribution in [0.15, 0.2) is 12.2 Å². The summed E-state index contributed by atoms with van der Waals surface area (Å²) < 4.78 is 0. The minimum absolute atomic E-state index is 0.511. The molecule has 0 heterocycles. The molecule has 1 nitrogen and oxygen atoms in total. The van der Waals surface area contributed by atoms with Crippen LogP contribution >= 0.6 is 11.8 Å². The van der Waals surface area contributed by atoms with Crippen LogP contribution in [0.2, 0.25) is 0 Å². The van der Waals surface area contributed by atoms with Crippen molar-refractivity contribution in [2.45, 2.75) is 39.7 Å². The normalized spacial score (nSPS) is 12.8. The van der Waals surface area contributed by atoms with Gasteiger partial charge in [-0.3, -0.25) is 0 Å². The van der Waals surface area contributed by atoms with Gasteiger partial charge in [0.25, 0.3) is 0 Å². The summed E-state index contributed by atoms with van der Waals surface area (Å²) in [7, 11) is 0. The van der Waals surface area contributed by atoms with Crippen molar-refractivity contribution in [2.24, 2.45) is 0 Å². The van der Waals surface area contributed by atoms with Crippen LogP contribution < -0.4 is 5.32 Å². The van der Waals surface area contributed by atoms with Gasteiger partial charge in [-0.15, -0.1) is 0 Å². The van der Waals surface area contributed by atoms with Gasteiger partial charge in [0.1, 0.15) is 0 Å². The Morgan fingerprint density at radius 1 is 1.38 bits per heavy atom. The van der Waals surface area contributed by atoms with E-state index in [2.05, 4.69) is 32.7 Å². The largest absolute Gasteiger partial charge is 0.310 e. The van der Waals surface area contributed by atoms with Crippen molar-refractivity contribution in [3.05, 3.63) is 12.2 Å². The lowest BCUT2D eigenvalue weighted by molar-refractivity contribution is 0.609. The molecule has 0 aliphatic carbocycles. The van der Waals surface area contributed by atoms with Crippen LogP contribution in [0.25, 0.3) is 0 Å². The lowest BCUT2D eigenvalue weighted by Gasteiger charge is -2.17. The summed E-state index contributed by atoms with van der Waals surface area (Å²) >= 11 is 2.02. The molecule has 1 atom stereocenters. The van der Waals surface area contributed by atoms with Crippen LogP contribution in [0.1, 0.15) is 33.6 Å². The Labute approximate surface area is 87.4 Å². The Morgan fingerprint density at radius 3 is 2.54 bits per heavy atom. The lowest BCUT2D eigenvalue weighted by atomic mass is 10.2. The maximum atomic E-state index is 4.01. The van der Waals surface area contributed by atoms with E-state index in [4.69, 9.17) is 0 Å². The van der Waals surface area contributed by atoms with Gasteiger partial charge in [-0.2, -0.15) is 11.8 Å². The molecule has 0 aromatic heterocycles. The molecule has 13 heavy (non-hydrogen) atoms. The number of hydrogen-bond acceptors (Lipinski definition) is 2. The second-order valence-corrected chi connectivity index (χ2v) is 4.58. The molecule has 0 saturated heterocycles. The SMILES string of the molecule is C=C(C)C(CSCCC)NCCC. The minimum atomic E-state index is 0.511. The zero-order valence-corrected chi connectivity index (χ0v) is 10.0. The highest BCUT2D eigenvalue weighted by molar-refractivity contribution is 7.99. The summed E-state index contributed by atoms with van der Waals surface area (Å²) in [6, 6.07) is 0.511. The van der Waals surface area contributed by atoms with Gasteiger partial charge in [0.2, 0.25) is 0 Å². The second-order valence-electron chi connectivity index (χ2n) is 3.43. The van der Waals surface area contributed by atoms with Crippen molar-refractivity contribution in [1.29, 1.82) is 0 Å². The standard InChI is InChI=1S/C11H23NS/c1-5-7-12-11(10(3)4)9-13-8-6-2/h11-12H,3,5-9H2,1-2,4H3. The Bertz CT molecular complexity index is 134. The van der Waals surface area contributed by atoms with E-state index >= 15 is 0 Å². The first-order chi connectivity index (χ1) is 6.22. The Kier molecular flexibility index (Phi) is 8.67. The highest BCUT2D eigenvalue weighted by atomic mass is 32.2. The molecule has 0 fully saturated rings. The van der Waals surface area contributed by atoms with Crippen molar-refractivity contribution in [1.82, 2.24) is 5.32 Å². The van der Waals surface area contributed by atoms with Crippen LogP contribution in [-0.2, 0) is 0 Å². The summed E-state index contributed by atoms with van der Waals surface area (Å²) in [6.07, 6.45) is 2.46. The second kappa shape index (κ2) is 8.64. The molecule has 0 aromatic carbocycles. The fourth-order valence-electron chi connectivity index (χ4n) is 1.04. The van der Waals surface area contributed by atoms with E-state index in [1.165, 1.54) is 29.9 Å². The summed E-state index contributed by atoms with van der Waals surface area (Å²) in [5.41, 5.74) is 1.26. The number of hydrogen-bond donors (Lipinski definition) is 1. The smallest absolute Gasteiger partial charge is 0.0365 e. The van der Waals surface area contributed by atoms with Gasteiger partial charge in [-0.25, -0.2) is 0 Å². The number of rotatable bonds is 8. The fraction of sp³-hybridized carbons (Fsp3) is 0.818. The minimum Gasteiger partial charge on any atom is -0.310 e. The van der Waals surface area contributed by atoms with E-state index in [-0.39, 0.29) is 0 Å². The maximum absolute atomic E-state index is 4.01. The first-order valence-corrected chi connectivity index (χ1v) is 6.34. The average Bonchev–Trinajstić information content (AvgIpc) is 2.10. The zero-order valence-electron chi connectivity index (χ0n) is 9.23. The van der Waals surface area contributed by atoms with Crippen LogP contribution in [-0.4, -0.2) is 24.1 Å². The Hall–Kier alpha value is 0.0500. The van der Waals surface area contributed by atoms with Crippen molar-refractivity contribution >= 4 is 11.8 Å². The van der Waals surface area contributed by atoms with Crippen molar-refractivity contribution < 1.29 is 0 Å². The number of thioether (sulfide) groups is 1. The van der Waals surface area contributed by atoms with E-state index in [1.807, 2.05) is 11.8 Å². The van der Waals surface area contributed by atoms with Crippen LogP contribution in [0.4, 0.5) is 0 Å². The summed E-state index contributed by atoms with van der Waals surface area (Å²) in [5, 5.41) is 3.51. The van der Waals surface area contributed by atoms with Gasteiger partial charge in [-0.1, -0.05) is 26.0 Å². The summed E-state index contributed by atoms with van der Waals surface area (Å²) in [6.45, 7) is 11.6. The molecule has 0 saturated carbocycles. The molecule has 0 amide bonds. The third-order valence-corrected chi connectivity index (χ3v) is 3.13. The van der Waals surface area contributed by atoms with E-state index in [9.17, 15) is 0 Å². The molecule has 0 aromatic rings. The van der Waals surface area contributed by atoms with Gasteiger partial charge < -0.3 is 5.32 Å². The molecule has 0 spiro atoms. The van der Waals surface area contributed by atoms with Crippen molar-refractivity contribution in [3.63, 3.8) is 0 Å². The highest BCUT2D eigenvalue weighted by Gasteiger charge is 2.06. The molecule has 1 unspecified atom stereocenters. The first-order valence-electron chi connectivity index (χ1n) is 5.18. The molecule has 0 radical (unpaired) electrons. The molecule has 2 heteroatoms. The van der Waals surface area contributed by atoms with E-state index < -0.39 is 0 Å². The Morgan fingerprint density at radius 2 is 2.08 bits per heavy atom. The molecule has 0 aliphatic rings. The highest BCUT2D eigenvalue weighted by Crippen LogP contribution is 2.09. The molecule has 0 aliphatic heterocycles. The fourth-order valence-corrected chi connectivity index (χ4v) is 2.13. The predicted octanol–water partition coefficient (Wildman–Crippen LogP) is 3.07. The van der Waals surface area contributed by atoms with Gasteiger partial charge in [0.05, 0.1) is 0 Å². The Balaban J connectivity index is 3.61. The van der Waals surface area contributed by atoms with E-state index in [0.717, 1.165) is 6.54 Å². The predicted molar refractivity (Wildman–Crippen MR) is 64.5 cm³/mol. The van der Waals surface area contributed by atoms with Gasteiger partial charge in [0.15, 0.2) is 0 Å². The average molecular weight is 201 g/mol. The van der Waals surface area contributed by atoms with Crippen LogP contribution in [0, 0.1) is 0 Å². The van der Waals surface area contributed by atoms with E-state index in [0.29, 0.717) is 6.04 Å². The summed E-state index contributed by atoms with van der Waals surface area (Å²) in [5.74, 6) is 2.43. The molecule has 1 N–H and O–H groups in total. The van der Waals surface area contributed by atoms with E-state index in [1.54, 1.807) is 0 Å². The molecule has 78 valence electrons. The lowest BCUT2D eigenvalue weighted by Crippen LogP contribution is -2.32. The van der Waals surface area contributed by atoms with Gasteiger partial charge >= 0.3 is 0 Å². The summed E-state index contributed by atoms with van der Waals surface area (Å²) in [4.78, 5) is 0. The first kappa shape index (κ1) is 13.1. The van der Waals surface area contributed by atoms with Crippen molar-refractivity contribution in [3.8, 4) is 0 Å². The molecule has 0 rings (SSSR count). The van der Waals surface area contributed by atoms with Gasteiger partial charge in [-0.05, 0) is 32.1 Å². The zero-order chi connectivity index (χ0) is 10.1.